The number of hydrogen-bond acceptors (Lipinski definition) is 2. The average Bonchev–Trinajstić information content (AvgIpc) is 2.30. The molecule has 0 radical (unpaired) electrons. The topological polar surface area (TPSA) is 50.2 Å². The number of halogens is 1. The molecule has 1 aromatic heterocycles. The van der Waals surface area contributed by atoms with Crippen LogP contribution < -0.4 is 0 Å². The molecule has 0 aliphatic rings. The van der Waals surface area contributed by atoms with Gasteiger partial charge in [-0.3, -0.25) is 4.98 Å². The predicted molar refractivity (Wildman–Crippen MR) is 69.1 cm³/mol. The van der Waals surface area contributed by atoms with Crippen molar-refractivity contribution >= 4 is 21.9 Å². The largest absolute Gasteiger partial charge is 0.478 e. The Balaban J connectivity index is 2.68. The minimum absolute atomic E-state index is 0.286. The molecule has 0 atom stereocenters. The van der Waals surface area contributed by atoms with E-state index in [0.29, 0.717) is 5.56 Å². The first-order valence-electron chi connectivity index (χ1n) is 5.03. The van der Waals surface area contributed by atoms with E-state index in [9.17, 15) is 9.90 Å². The third-order valence-corrected chi connectivity index (χ3v) is 3.02. The van der Waals surface area contributed by atoms with Crippen molar-refractivity contribution in [2.24, 2.45) is 0 Å². The van der Waals surface area contributed by atoms with Gasteiger partial charge in [0.05, 0.1) is 5.56 Å². The number of aromatic nitrogens is 1. The molecule has 2 rings (SSSR count). The lowest BCUT2D eigenvalue weighted by molar-refractivity contribution is 0.0697. The Bertz CT molecular complexity index is 581. The van der Waals surface area contributed by atoms with Gasteiger partial charge < -0.3 is 5.11 Å². The van der Waals surface area contributed by atoms with Gasteiger partial charge in [0.1, 0.15) is 0 Å². The van der Waals surface area contributed by atoms with Crippen LogP contribution in [0.2, 0.25) is 0 Å². The molecular weight excluding hydrogens is 282 g/mol. The van der Waals surface area contributed by atoms with Crippen molar-refractivity contribution in [3.63, 3.8) is 0 Å². The molecule has 0 unspecified atom stereocenters. The summed E-state index contributed by atoms with van der Waals surface area (Å²) in [5, 5.41) is 9.21. The lowest BCUT2D eigenvalue weighted by Gasteiger charge is -2.09. The van der Waals surface area contributed by atoms with E-state index in [0.717, 1.165) is 15.6 Å². The van der Waals surface area contributed by atoms with E-state index < -0.39 is 5.97 Å². The fourth-order valence-electron chi connectivity index (χ4n) is 1.70. The Morgan fingerprint density at radius 3 is 2.71 bits per heavy atom. The third-order valence-electron chi connectivity index (χ3n) is 2.52. The van der Waals surface area contributed by atoms with E-state index in [-0.39, 0.29) is 5.56 Å². The van der Waals surface area contributed by atoms with Crippen LogP contribution in [-0.4, -0.2) is 16.1 Å². The Morgan fingerprint density at radius 1 is 1.29 bits per heavy atom. The summed E-state index contributed by atoms with van der Waals surface area (Å²) in [6.45, 7) is 1.91. The molecule has 1 heterocycles. The first-order valence-corrected chi connectivity index (χ1v) is 5.82. The van der Waals surface area contributed by atoms with Gasteiger partial charge in [-0.05, 0) is 41.8 Å². The second-order valence-electron chi connectivity index (χ2n) is 3.69. The van der Waals surface area contributed by atoms with Gasteiger partial charge in [0, 0.05) is 16.9 Å². The number of benzene rings is 1. The fraction of sp³-hybridized carbons (Fsp3) is 0.0769. The first-order chi connectivity index (χ1) is 8.09. The molecule has 0 amide bonds. The zero-order valence-corrected chi connectivity index (χ0v) is 10.7. The van der Waals surface area contributed by atoms with E-state index in [1.807, 2.05) is 19.1 Å². The standard InChI is InChI=1S/C13H10BrNO2/c1-8-7-15-5-4-10(8)11-3-2-9(14)6-12(11)13(16)17/h2-7H,1H3,(H,16,17). The predicted octanol–water partition coefficient (Wildman–Crippen LogP) is 3.52. The molecule has 17 heavy (non-hydrogen) atoms. The molecule has 86 valence electrons. The minimum atomic E-state index is -0.933. The first kappa shape index (κ1) is 11.8. The van der Waals surface area contributed by atoms with Crippen LogP contribution in [0, 0.1) is 6.92 Å². The van der Waals surface area contributed by atoms with Gasteiger partial charge in [0.2, 0.25) is 0 Å². The molecule has 0 saturated carbocycles. The van der Waals surface area contributed by atoms with Crippen molar-refractivity contribution in [1.29, 1.82) is 0 Å². The number of hydrogen-bond donors (Lipinski definition) is 1. The molecule has 0 bridgehead atoms. The van der Waals surface area contributed by atoms with Crippen LogP contribution in [-0.2, 0) is 0 Å². The minimum Gasteiger partial charge on any atom is -0.478 e. The summed E-state index contributed by atoms with van der Waals surface area (Å²) < 4.78 is 0.755. The van der Waals surface area contributed by atoms with E-state index in [1.54, 1.807) is 24.5 Å². The number of carbonyl (C=O) groups is 1. The third kappa shape index (κ3) is 2.36. The summed E-state index contributed by atoms with van der Waals surface area (Å²) in [6, 6.07) is 7.07. The number of pyridine rings is 1. The smallest absolute Gasteiger partial charge is 0.336 e. The molecule has 0 aliphatic heterocycles. The second kappa shape index (κ2) is 4.67. The van der Waals surface area contributed by atoms with Crippen LogP contribution in [0.25, 0.3) is 11.1 Å². The number of rotatable bonds is 2. The van der Waals surface area contributed by atoms with E-state index in [2.05, 4.69) is 20.9 Å². The van der Waals surface area contributed by atoms with Crippen molar-refractivity contribution < 1.29 is 9.90 Å². The molecule has 0 fully saturated rings. The quantitative estimate of drug-likeness (QED) is 0.921. The molecule has 0 aliphatic carbocycles. The number of aromatic carboxylic acids is 1. The van der Waals surface area contributed by atoms with Gasteiger partial charge in [-0.1, -0.05) is 22.0 Å². The highest BCUT2D eigenvalue weighted by molar-refractivity contribution is 9.10. The normalized spacial score (nSPS) is 10.2. The highest BCUT2D eigenvalue weighted by atomic mass is 79.9. The highest BCUT2D eigenvalue weighted by Gasteiger charge is 2.13. The van der Waals surface area contributed by atoms with Gasteiger partial charge in [-0.25, -0.2) is 4.79 Å². The van der Waals surface area contributed by atoms with Crippen molar-refractivity contribution in [3.8, 4) is 11.1 Å². The number of carboxylic acid groups (broad SMARTS) is 1. The van der Waals surface area contributed by atoms with Gasteiger partial charge in [-0.15, -0.1) is 0 Å². The number of aryl methyl sites for hydroxylation is 1. The summed E-state index contributed by atoms with van der Waals surface area (Å²) in [4.78, 5) is 15.2. The monoisotopic (exact) mass is 291 g/mol. The van der Waals surface area contributed by atoms with Crippen LogP contribution in [0.5, 0.6) is 0 Å². The Kier molecular flexibility index (Phi) is 3.24. The van der Waals surface area contributed by atoms with E-state index in [1.165, 1.54) is 0 Å². The average molecular weight is 292 g/mol. The second-order valence-corrected chi connectivity index (χ2v) is 4.60. The number of carboxylic acids is 1. The number of nitrogens with zero attached hydrogens (tertiary/aromatic N) is 1. The summed E-state index contributed by atoms with van der Waals surface area (Å²) in [6.07, 6.45) is 3.39. The van der Waals surface area contributed by atoms with Crippen molar-refractivity contribution in [3.05, 3.63) is 52.3 Å². The lowest BCUT2D eigenvalue weighted by Crippen LogP contribution is -2.00. The molecule has 4 heteroatoms. The van der Waals surface area contributed by atoms with Crippen molar-refractivity contribution in [1.82, 2.24) is 4.98 Å². The van der Waals surface area contributed by atoms with Crippen LogP contribution in [0.15, 0.2) is 41.1 Å². The van der Waals surface area contributed by atoms with Gasteiger partial charge in [-0.2, -0.15) is 0 Å². The van der Waals surface area contributed by atoms with Crippen LogP contribution in [0.1, 0.15) is 15.9 Å². The van der Waals surface area contributed by atoms with E-state index >= 15 is 0 Å². The summed E-state index contributed by atoms with van der Waals surface area (Å²) in [5.41, 5.74) is 2.84. The molecule has 1 N–H and O–H groups in total. The van der Waals surface area contributed by atoms with Crippen LogP contribution >= 0.6 is 15.9 Å². The van der Waals surface area contributed by atoms with Crippen molar-refractivity contribution in [2.45, 2.75) is 6.92 Å². The molecule has 2 aromatic rings. The lowest BCUT2D eigenvalue weighted by atomic mass is 9.97. The summed E-state index contributed by atoms with van der Waals surface area (Å²) in [5.74, 6) is -0.933. The zero-order chi connectivity index (χ0) is 12.4. The molecule has 1 aromatic carbocycles. The van der Waals surface area contributed by atoms with Crippen molar-refractivity contribution in [2.75, 3.05) is 0 Å². The Labute approximate surface area is 107 Å². The van der Waals surface area contributed by atoms with Gasteiger partial charge in [0.15, 0.2) is 0 Å². The maximum absolute atomic E-state index is 11.2. The SMILES string of the molecule is Cc1cnccc1-c1ccc(Br)cc1C(=O)O. The highest BCUT2D eigenvalue weighted by Crippen LogP contribution is 2.28. The molecule has 3 nitrogen and oxygen atoms in total. The molecule has 0 spiro atoms. The summed E-state index contributed by atoms with van der Waals surface area (Å²) in [7, 11) is 0. The Hall–Kier alpha value is -1.68. The molecule has 0 saturated heterocycles. The summed E-state index contributed by atoms with van der Waals surface area (Å²) >= 11 is 3.28. The molecular formula is C13H10BrNO2. The Morgan fingerprint density at radius 2 is 2.06 bits per heavy atom. The van der Waals surface area contributed by atoms with Gasteiger partial charge in [0.25, 0.3) is 0 Å². The van der Waals surface area contributed by atoms with Crippen LogP contribution in [0.3, 0.4) is 0 Å². The van der Waals surface area contributed by atoms with Crippen LogP contribution in [0.4, 0.5) is 0 Å². The maximum Gasteiger partial charge on any atom is 0.336 e. The zero-order valence-electron chi connectivity index (χ0n) is 9.14. The van der Waals surface area contributed by atoms with Gasteiger partial charge >= 0.3 is 5.97 Å². The van der Waals surface area contributed by atoms with E-state index in [4.69, 9.17) is 0 Å². The fourth-order valence-corrected chi connectivity index (χ4v) is 2.06. The maximum atomic E-state index is 11.2.